The molecule has 0 aromatic carbocycles. The maximum atomic E-state index is 11.4. The fourth-order valence-electron chi connectivity index (χ4n) is 1.25. The summed E-state index contributed by atoms with van der Waals surface area (Å²) < 4.78 is 4.82. The van der Waals surface area contributed by atoms with Gasteiger partial charge in [-0.05, 0) is 19.1 Å². The molecule has 2 aromatic rings. The minimum atomic E-state index is -0.502. The number of carbonyl (C=O) groups excluding carboxylic acids is 1. The zero-order valence-corrected chi connectivity index (χ0v) is 8.87. The summed E-state index contributed by atoms with van der Waals surface area (Å²) in [6, 6.07) is 3.43. The minimum absolute atomic E-state index is 0.0402. The average molecular weight is 223 g/mol. The number of esters is 1. The maximum Gasteiger partial charge on any atom is 0.352 e. The molecule has 0 amide bonds. The van der Waals surface area contributed by atoms with Crippen molar-refractivity contribution in [2.45, 2.75) is 6.92 Å². The van der Waals surface area contributed by atoms with Crippen LogP contribution in [0, 0.1) is 0 Å². The molecule has 0 saturated carbocycles. The van der Waals surface area contributed by atoms with Crippen LogP contribution in [0.3, 0.4) is 0 Å². The number of carbonyl (C=O) groups is 1. The number of aromatic nitrogens is 1. The van der Waals surface area contributed by atoms with E-state index >= 15 is 0 Å². The molecule has 5 heteroatoms. The van der Waals surface area contributed by atoms with Gasteiger partial charge in [0.05, 0.1) is 12.0 Å². The number of thiophene rings is 1. The maximum absolute atomic E-state index is 11.4. The van der Waals surface area contributed by atoms with Crippen LogP contribution >= 0.6 is 11.3 Å². The third kappa shape index (κ3) is 1.66. The molecule has 0 fully saturated rings. The van der Waals surface area contributed by atoms with Crippen LogP contribution in [0.4, 0.5) is 0 Å². The van der Waals surface area contributed by atoms with Crippen molar-refractivity contribution in [1.29, 1.82) is 0 Å². The molecular formula is C10H9NO3S. The van der Waals surface area contributed by atoms with Gasteiger partial charge in [-0.25, -0.2) is 9.78 Å². The van der Waals surface area contributed by atoms with Crippen molar-refractivity contribution in [2.24, 2.45) is 0 Å². The van der Waals surface area contributed by atoms with Crippen LogP contribution in [-0.4, -0.2) is 22.7 Å². The van der Waals surface area contributed by atoms with E-state index in [1.54, 1.807) is 25.3 Å². The molecule has 4 nitrogen and oxygen atoms in total. The van der Waals surface area contributed by atoms with Gasteiger partial charge in [0.15, 0.2) is 10.6 Å². The van der Waals surface area contributed by atoms with E-state index in [0.717, 1.165) is 11.3 Å². The first kappa shape index (κ1) is 9.92. The lowest BCUT2D eigenvalue weighted by molar-refractivity contribution is 0.0529. The SMILES string of the molecule is CCOC(=O)c1sc2ncccc2c1O. The van der Waals surface area contributed by atoms with Crippen molar-refractivity contribution < 1.29 is 14.6 Å². The minimum Gasteiger partial charge on any atom is -0.505 e. The van der Waals surface area contributed by atoms with Crippen LogP contribution in [0.2, 0.25) is 0 Å². The highest BCUT2D eigenvalue weighted by atomic mass is 32.1. The molecule has 0 atom stereocenters. The van der Waals surface area contributed by atoms with E-state index in [0.29, 0.717) is 16.8 Å². The van der Waals surface area contributed by atoms with E-state index in [4.69, 9.17) is 4.74 Å². The molecule has 15 heavy (non-hydrogen) atoms. The van der Waals surface area contributed by atoms with E-state index in [1.165, 1.54) is 0 Å². The lowest BCUT2D eigenvalue weighted by atomic mass is 10.3. The summed E-state index contributed by atoms with van der Waals surface area (Å²) in [5.41, 5.74) is 0. The molecule has 78 valence electrons. The first-order chi connectivity index (χ1) is 7.24. The molecule has 0 aliphatic carbocycles. The Labute approximate surface area is 90.1 Å². The van der Waals surface area contributed by atoms with Crippen molar-refractivity contribution in [1.82, 2.24) is 4.98 Å². The second-order valence-electron chi connectivity index (χ2n) is 2.86. The molecule has 1 N–H and O–H groups in total. The Morgan fingerprint density at radius 2 is 2.47 bits per heavy atom. The molecule has 0 aliphatic rings. The van der Waals surface area contributed by atoms with E-state index < -0.39 is 5.97 Å². The van der Waals surface area contributed by atoms with E-state index in [9.17, 15) is 9.90 Å². The summed E-state index contributed by atoms with van der Waals surface area (Å²) in [5, 5.41) is 10.3. The van der Waals surface area contributed by atoms with E-state index in [1.807, 2.05) is 0 Å². The smallest absolute Gasteiger partial charge is 0.352 e. The van der Waals surface area contributed by atoms with Crippen molar-refractivity contribution >= 4 is 27.5 Å². The van der Waals surface area contributed by atoms with Crippen LogP contribution in [0.25, 0.3) is 10.2 Å². The van der Waals surface area contributed by atoms with Gasteiger partial charge in [0, 0.05) is 6.20 Å². The van der Waals surface area contributed by atoms with E-state index in [2.05, 4.69) is 4.98 Å². The van der Waals surface area contributed by atoms with E-state index in [-0.39, 0.29) is 10.6 Å². The topological polar surface area (TPSA) is 59.4 Å². The lowest BCUT2D eigenvalue weighted by Gasteiger charge is -1.97. The molecule has 0 radical (unpaired) electrons. The van der Waals surface area contributed by atoms with Gasteiger partial charge in [-0.2, -0.15) is 0 Å². The van der Waals surface area contributed by atoms with Crippen molar-refractivity contribution in [3.63, 3.8) is 0 Å². The normalized spacial score (nSPS) is 10.5. The molecule has 0 spiro atoms. The highest BCUT2D eigenvalue weighted by Crippen LogP contribution is 2.35. The van der Waals surface area contributed by atoms with Crippen molar-refractivity contribution in [3.8, 4) is 5.75 Å². The predicted octanol–water partition coefficient (Wildman–Crippen LogP) is 2.18. The fraction of sp³-hybridized carbons (Fsp3) is 0.200. The molecule has 2 aromatic heterocycles. The second kappa shape index (κ2) is 3.86. The highest BCUT2D eigenvalue weighted by molar-refractivity contribution is 7.20. The Morgan fingerprint density at radius 1 is 1.67 bits per heavy atom. The van der Waals surface area contributed by atoms with Gasteiger partial charge in [-0.1, -0.05) is 0 Å². The summed E-state index contributed by atoms with van der Waals surface area (Å²) >= 11 is 1.14. The van der Waals surface area contributed by atoms with Crippen LogP contribution in [0.1, 0.15) is 16.6 Å². The predicted molar refractivity (Wildman–Crippen MR) is 57.2 cm³/mol. The first-order valence-electron chi connectivity index (χ1n) is 4.47. The Balaban J connectivity index is 2.53. The Bertz CT molecular complexity index is 506. The standard InChI is InChI=1S/C10H9NO3S/c1-2-14-10(13)8-7(12)6-4-3-5-11-9(6)15-8/h3-5,12H,2H2,1H3. The average Bonchev–Trinajstić information content (AvgIpc) is 2.57. The highest BCUT2D eigenvalue weighted by Gasteiger charge is 2.19. The number of pyridine rings is 1. The molecular weight excluding hydrogens is 214 g/mol. The summed E-state index contributed by atoms with van der Waals surface area (Å²) in [7, 11) is 0. The second-order valence-corrected chi connectivity index (χ2v) is 3.86. The van der Waals surface area contributed by atoms with Crippen LogP contribution < -0.4 is 0 Å². The fourth-order valence-corrected chi connectivity index (χ4v) is 2.19. The van der Waals surface area contributed by atoms with Crippen LogP contribution in [0.5, 0.6) is 5.75 Å². The Morgan fingerprint density at radius 3 is 3.13 bits per heavy atom. The van der Waals surface area contributed by atoms with Gasteiger partial charge < -0.3 is 9.84 Å². The van der Waals surface area contributed by atoms with Gasteiger partial charge in [0.25, 0.3) is 0 Å². The molecule has 0 bridgehead atoms. The third-order valence-corrected chi connectivity index (χ3v) is 2.98. The zero-order chi connectivity index (χ0) is 10.8. The zero-order valence-electron chi connectivity index (χ0n) is 8.06. The van der Waals surface area contributed by atoms with Gasteiger partial charge in [0.2, 0.25) is 0 Å². The summed E-state index contributed by atoms with van der Waals surface area (Å²) in [6.45, 7) is 2.01. The monoisotopic (exact) mass is 223 g/mol. The number of hydrogen-bond donors (Lipinski definition) is 1. The quantitative estimate of drug-likeness (QED) is 0.793. The summed E-state index contributed by atoms with van der Waals surface area (Å²) in [4.78, 5) is 16.3. The van der Waals surface area contributed by atoms with Gasteiger partial charge >= 0.3 is 5.97 Å². The number of ether oxygens (including phenoxy) is 1. The van der Waals surface area contributed by atoms with Gasteiger partial charge in [0.1, 0.15) is 4.83 Å². The largest absolute Gasteiger partial charge is 0.505 e. The van der Waals surface area contributed by atoms with Crippen molar-refractivity contribution in [3.05, 3.63) is 23.2 Å². The summed E-state index contributed by atoms with van der Waals surface area (Å²) in [6.07, 6.45) is 1.62. The summed E-state index contributed by atoms with van der Waals surface area (Å²) in [5.74, 6) is -0.542. The number of aromatic hydroxyl groups is 1. The molecule has 0 aliphatic heterocycles. The molecule has 2 heterocycles. The van der Waals surface area contributed by atoms with Gasteiger partial charge in [-0.15, -0.1) is 11.3 Å². The Kier molecular flexibility index (Phi) is 2.55. The number of hydrogen-bond acceptors (Lipinski definition) is 5. The molecule has 0 saturated heterocycles. The first-order valence-corrected chi connectivity index (χ1v) is 5.29. The number of rotatable bonds is 2. The van der Waals surface area contributed by atoms with Crippen LogP contribution in [-0.2, 0) is 4.74 Å². The molecule has 2 rings (SSSR count). The third-order valence-electron chi connectivity index (χ3n) is 1.90. The van der Waals surface area contributed by atoms with Crippen LogP contribution in [0.15, 0.2) is 18.3 Å². The lowest BCUT2D eigenvalue weighted by Crippen LogP contribution is -2.01. The molecule has 0 unspecified atom stereocenters. The number of nitrogens with zero attached hydrogens (tertiary/aromatic N) is 1. The van der Waals surface area contributed by atoms with Gasteiger partial charge in [-0.3, -0.25) is 0 Å². The number of fused-ring (bicyclic) bond motifs is 1. The van der Waals surface area contributed by atoms with Crippen molar-refractivity contribution in [2.75, 3.05) is 6.61 Å². The Hall–Kier alpha value is -1.62.